The smallest absolute Gasteiger partial charge is 0.251 e. The average molecular weight is 323 g/mol. The number of rotatable bonds is 4. The Morgan fingerprint density at radius 2 is 2.17 bits per heavy atom. The first kappa shape index (κ1) is 14.9. The molecule has 1 aromatic heterocycles. The molecule has 1 aliphatic carbocycles. The molecule has 5 heteroatoms. The van der Waals surface area contributed by atoms with Crippen molar-refractivity contribution in [2.75, 3.05) is 0 Å². The summed E-state index contributed by atoms with van der Waals surface area (Å²) in [7, 11) is 0. The third kappa shape index (κ3) is 2.66. The van der Waals surface area contributed by atoms with Crippen LogP contribution in [0.1, 0.15) is 45.8 Å². The molecule has 0 spiro atoms. The van der Waals surface area contributed by atoms with Crippen molar-refractivity contribution in [1.82, 2.24) is 15.5 Å². The van der Waals surface area contributed by atoms with Gasteiger partial charge in [-0.2, -0.15) is 5.10 Å². The van der Waals surface area contributed by atoms with Crippen LogP contribution in [-0.2, 0) is 6.54 Å². The van der Waals surface area contributed by atoms with Crippen LogP contribution in [0, 0.1) is 12.7 Å². The van der Waals surface area contributed by atoms with E-state index >= 15 is 0 Å². The zero-order chi connectivity index (χ0) is 16.7. The molecule has 1 amide bonds. The molecule has 1 heterocycles. The van der Waals surface area contributed by atoms with Crippen molar-refractivity contribution in [2.45, 2.75) is 32.2 Å². The molecule has 4 nitrogen and oxygen atoms in total. The van der Waals surface area contributed by atoms with E-state index in [0.29, 0.717) is 23.6 Å². The number of halogens is 1. The summed E-state index contributed by atoms with van der Waals surface area (Å²) in [5.41, 5.74) is 4.21. The number of H-pyrrole nitrogens is 1. The third-order valence-corrected chi connectivity index (χ3v) is 4.65. The zero-order valence-electron chi connectivity index (χ0n) is 13.4. The molecule has 2 aromatic carbocycles. The predicted octanol–water partition coefficient (Wildman–Crippen LogP) is 3.82. The largest absolute Gasteiger partial charge is 0.348 e. The Kier molecular flexibility index (Phi) is 3.56. The van der Waals surface area contributed by atoms with Crippen LogP contribution in [0.5, 0.6) is 0 Å². The molecular formula is C19H18FN3O. The van der Waals surface area contributed by atoms with Gasteiger partial charge in [-0.1, -0.05) is 12.1 Å². The van der Waals surface area contributed by atoms with Gasteiger partial charge in [0.15, 0.2) is 0 Å². The van der Waals surface area contributed by atoms with Crippen LogP contribution in [-0.4, -0.2) is 16.1 Å². The Hall–Kier alpha value is -2.69. The first-order chi connectivity index (χ1) is 11.6. The number of aryl methyl sites for hydroxylation is 1. The molecule has 0 saturated heterocycles. The highest BCUT2D eigenvalue weighted by molar-refractivity contribution is 5.94. The van der Waals surface area contributed by atoms with Crippen LogP contribution >= 0.6 is 0 Å². The van der Waals surface area contributed by atoms with Gasteiger partial charge in [0.25, 0.3) is 5.91 Å². The maximum atomic E-state index is 13.7. The van der Waals surface area contributed by atoms with Crippen LogP contribution in [0.4, 0.5) is 4.39 Å². The van der Waals surface area contributed by atoms with E-state index in [1.165, 1.54) is 24.5 Å². The summed E-state index contributed by atoms with van der Waals surface area (Å²) in [5.74, 6) is -0.0533. The number of hydrogen-bond donors (Lipinski definition) is 2. The summed E-state index contributed by atoms with van der Waals surface area (Å²) in [4.78, 5) is 12.4. The number of carbonyl (C=O) groups excluding carboxylic acids is 1. The highest BCUT2D eigenvalue weighted by atomic mass is 19.1. The molecule has 0 bridgehead atoms. The average Bonchev–Trinajstić information content (AvgIpc) is 3.31. The number of benzene rings is 2. The lowest BCUT2D eigenvalue weighted by Crippen LogP contribution is -2.23. The van der Waals surface area contributed by atoms with Crippen LogP contribution in [0.2, 0.25) is 0 Å². The second kappa shape index (κ2) is 5.74. The highest BCUT2D eigenvalue weighted by Gasteiger charge is 2.27. The van der Waals surface area contributed by atoms with E-state index < -0.39 is 0 Å². The predicted molar refractivity (Wildman–Crippen MR) is 90.4 cm³/mol. The van der Waals surface area contributed by atoms with Gasteiger partial charge in [-0.15, -0.1) is 0 Å². The highest BCUT2D eigenvalue weighted by Crippen LogP contribution is 2.43. The quantitative estimate of drug-likeness (QED) is 0.767. The monoisotopic (exact) mass is 323 g/mol. The summed E-state index contributed by atoms with van der Waals surface area (Å²) in [6.07, 6.45) is 4.18. The summed E-state index contributed by atoms with van der Waals surface area (Å²) < 4.78 is 13.7. The fraction of sp³-hybridized carbons (Fsp3) is 0.263. The van der Waals surface area contributed by atoms with Crippen LogP contribution in [0.25, 0.3) is 10.9 Å². The number of aromatic amines is 1. The number of aromatic nitrogens is 2. The third-order valence-electron chi connectivity index (χ3n) is 4.65. The van der Waals surface area contributed by atoms with Crippen molar-refractivity contribution in [1.29, 1.82) is 0 Å². The Morgan fingerprint density at radius 1 is 1.33 bits per heavy atom. The van der Waals surface area contributed by atoms with Gasteiger partial charge in [-0.3, -0.25) is 9.89 Å². The van der Waals surface area contributed by atoms with E-state index in [-0.39, 0.29) is 11.7 Å². The van der Waals surface area contributed by atoms with Crippen molar-refractivity contribution in [3.8, 4) is 0 Å². The molecule has 1 fully saturated rings. The number of nitrogens with one attached hydrogen (secondary N) is 2. The summed E-state index contributed by atoms with van der Waals surface area (Å²) >= 11 is 0. The van der Waals surface area contributed by atoms with Gasteiger partial charge in [-0.25, -0.2) is 4.39 Å². The minimum absolute atomic E-state index is 0.267. The minimum atomic E-state index is -0.363. The fourth-order valence-corrected chi connectivity index (χ4v) is 3.07. The minimum Gasteiger partial charge on any atom is -0.348 e. The zero-order valence-corrected chi connectivity index (χ0v) is 13.4. The summed E-state index contributed by atoms with van der Waals surface area (Å²) in [6.45, 7) is 2.09. The standard InChI is InChI=1S/C19H18FN3O/c1-11-2-3-13(8-17(11)20)19(24)21-9-15-14(12-4-5-12)6-7-18-16(15)10-22-23-18/h2-3,6-8,10,12H,4-5,9H2,1H3,(H,21,24)(H,22,23). The first-order valence-electron chi connectivity index (χ1n) is 8.12. The van der Waals surface area contributed by atoms with Crippen molar-refractivity contribution >= 4 is 16.8 Å². The second-order valence-corrected chi connectivity index (χ2v) is 6.39. The molecular weight excluding hydrogens is 305 g/mol. The SMILES string of the molecule is Cc1ccc(C(=O)NCc2c(C3CC3)ccc3[nH]ncc23)cc1F. The Bertz CT molecular complexity index is 928. The van der Waals surface area contributed by atoms with Crippen molar-refractivity contribution in [3.63, 3.8) is 0 Å². The Balaban J connectivity index is 1.60. The van der Waals surface area contributed by atoms with Gasteiger partial charge < -0.3 is 5.32 Å². The molecule has 1 saturated carbocycles. The number of nitrogens with zero attached hydrogens (tertiary/aromatic N) is 1. The van der Waals surface area contributed by atoms with E-state index in [9.17, 15) is 9.18 Å². The molecule has 0 atom stereocenters. The van der Waals surface area contributed by atoms with E-state index in [4.69, 9.17) is 0 Å². The topological polar surface area (TPSA) is 57.8 Å². The Morgan fingerprint density at radius 3 is 2.92 bits per heavy atom. The lowest BCUT2D eigenvalue weighted by atomic mass is 9.99. The van der Waals surface area contributed by atoms with Gasteiger partial charge in [0.1, 0.15) is 5.82 Å². The van der Waals surface area contributed by atoms with E-state index in [1.54, 1.807) is 25.3 Å². The maximum absolute atomic E-state index is 13.7. The summed E-state index contributed by atoms with van der Waals surface area (Å²) in [6, 6.07) is 8.71. The molecule has 24 heavy (non-hydrogen) atoms. The van der Waals surface area contributed by atoms with Gasteiger partial charge >= 0.3 is 0 Å². The van der Waals surface area contributed by atoms with Gasteiger partial charge in [0.2, 0.25) is 0 Å². The molecule has 0 unspecified atom stereocenters. The van der Waals surface area contributed by atoms with Crippen LogP contribution in [0.3, 0.4) is 0 Å². The maximum Gasteiger partial charge on any atom is 0.251 e. The van der Waals surface area contributed by atoms with Crippen molar-refractivity contribution in [3.05, 3.63) is 64.6 Å². The lowest BCUT2D eigenvalue weighted by molar-refractivity contribution is 0.0950. The normalized spacial score (nSPS) is 14.1. The number of hydrogen-bond acceptors (Lipinski definition) is 2. The molecule has 0 radical (unpaired) electrons. The summed E-state index contributed by atoms with van der Waals surface area (Å²) in [5, 5.41) is 11.0. The van der Waals surface area contributed by atoms with E-state index in [0.717, 1.165) is 16.5 Å². The van der Waals surface area contributed by atoms with E-state index in [1.807, 2.05) is 6.07 Å². The number of carbonyl (C=O) groups is 1. The van der Waals surface area contributed by atoms with Gasteiger partial charge in [0.05, 0.1) is 11.7 Å². The van der Waals surface area contributed by atoms with E-state index in [2.05, 4.69) is 21.6 Å². The van der Waals surface area contributed by atoms with Crippen molar-refractivity contribution in [2.24, 2.45) is 0 Å². The molecule has 0 aliphatic heterocycles. The fourth-order valence-electron chi connectivity index (χ4n) is 3.07. The second-order valence-electron chi connectivity index (χ2n) is 6.39. The molecule has 1 aliphatic rings. The van der Waals surface area contributed by atoms with Gasteiger partial charge in [-0.05, 0) is 60.6 Å². The number of fused-ring (bicyclic) bond motifs is 1. The molecule has 3 aromatic rings. The molecule has 2 N–H and O–H groups in total. The van der Waals surface area contributed by atoms with Gasteiger partial charge in [0, 0.05) is 17.5 Å². The first-order valence-corrected chi connectivity index (χ1v) is 8.12. The molecule has 4 rings (SSSR count). The van der Waals surface area contributed by atoms with Crippen LogP contribution < -0.4 is 5.32 Å². The Labute approximate surface area is 139 Å². The van der Waals surface area contributed by atoms with Crippen LogP contribution in [0.15, 0.2) is 36.5 Å². The lowest BCUT2D eigenvalue weighted by Gasteiger charge is -2.12. The molecule has 122 valence electrons. The number of amides is 1. The van der Waals surface area contributed by atoms with Crippen molar-refractivity contribution < 1.29 is 9.18 Å².